The smallest absolute Gasteiger partial charge is 0.266 e. The zero-order valence-corrected chi connectivity index (χ0v) is 22.9. The topological polar surface area (TPSA) is 107 Å². The van der Waals surface area contributed by atoms with Gasteiger partial charge >= 0.3 is 0 Å². The fourth-order valence-corrected chi connectivity index (χ4v) is 4.65. The van der Waals surface area contributed by atoms with Gasteiger partial charge in [0.25, 0.3) is 5.95 Å². The number of ether oxygens (including phenoxy) is 1. The van der Waals surface area contributed by atoms with Crippen molar-refractivity contribution in [3.8, 4) is 5.75 Å². The summed E-state index contributed by atoms with van der Waals surface area (Å²) < 4.78 is 11.5. The van der Waals surface area contributed by atoms with Crippen LogP contribution in [0.1, 0.15) is 69.0 Å². The summed E-state index contributed by atoms with van der Waals surface area (Å²) in [6.07, 6.45) is 6.69. The van der Waals surface area contributed by atoms with Crippen LogP contribution in [0.5, 0.6) is 5.75 Å². The molecular weight excluding hydrogens is 478 g/mol. The number of carbonyl (C=O) groups is 1. The second kappa shape index (κ2) is 12.2. The molecule has 1 aliphatic rings. The van der Waals surface area contributed by atoms with E-state index in [9.17, 15) is 4.79 Å². The number of amidine groups is 1. The first-order chi connectivity index (χ1) is 18.2. The van der Waals surface area contributed by atoms with Crippen LogP contribution in [0.4, 0.5) is 5.95 Å². The molecule has 0 radical (unpaired) electrons. The summed E-state index contributed by atoms with van der Waals surface area (Å²) in [5, 5.41) is 4.35. The Balaban J connectivity index is 1.46. The molecule has 3 aromatic rings. The summed E-state index contributed by atoms with van der Waals surface area (Å²) in [6, 6.07) is 16.0. The first-order valence-electron chi connectivity index (χ1n) is 13.4. The van der Waals surface area contributed by atoms with E-state index in [2.05, 4.69) is 27.2 Å². The lowest BCUT2D eigenvalue weighted by molar-refractivity contribution is -0.129. The number of nitrogens with two attached hydrogens (primary N) is 1. The molecule has 1 fully saturated rings. The standard InChI is InChI=1S/C30H39N5O3/c1-21(36)30(2,3)37-26-15-11-22(12-16-26)17-18-35(20-24-9-13-25(14-10-24)28(31)32-4)29-33-27(38-34-29)19-23-7-5-6-8-23/h9-16,23H,5-8,17-20H2,1-4H3,(H2,31,32). The fourth-order valence-electron chi connectivity index (χ4n) is 4.65. The summed E-state index contributed by atoms with van der Waals surface area (Å²) >= 11 is 0. The minimum Gasteiger partial charge on any atom is -0.480 e. The SMILES string of the molecule is CN=C(N)c1ccc(CN(CCc2ccc(OC(C)(C)C(C)=O)cc2)c2noc(CC3CCCC3)n2)cc1. The molecular formula is C30H39N5O3. The lowest BCUT2D eigenvalue weighted by atomic mass is 10.0. The first-order valence-corrected chi connectivity index (χ1v) is 13.4. The number of hydrogen-bond donors (Lipinski definition) is 1. The van der Waals surface area contributed by atoms with E-state index in [-0.39, 0.29) is 5.78 Å². The van der Waals surface area contributed by atoms with Gasteiger partial charge in [0.1, 0.15) is 11.6 Å². The van der Waals surface area contributed by atoms with E-state index in [1.807, 2.05) is 36.4 Å². The van der Waals surface area contributed by atoms with Gasteiger partial charge in [-0.05, 0) is 74.4 Å². The molecule has 0 bridgehead atoms. The third kappa shape index (κ3) is 7.21. The molecule has 2 N–H and O–H groups in total. The number of nitrogens with zero attached hydrogens (tertiary/aromatic N) is 4. The monoisotopic (exact) mass is 517 g/mol. The van der Waals surface area contributed by atoms with Gasteiger partial charge in [0.15, 0.2) is 11.4 Å². The van der Waals surface area contributed by atoms with Crippen molar-refractivity contribution in [2.75, 3.05) is 18.5 Å². The van der Waals surface area contributed by atoms with Crippen LogP contribution in [0.3, 0.4) is 0 Å². The molecule has 1 aromatic heterocycles. The zero-order chi connectivity index (χ0) is 27.1. The molecule has 38 heavy (non-hydrogen) atoms. The highest BCUT2D eigenvalue weighted by atomic mass is 16.5. The van der Waals surface area contributed by atoms with Crippen molar-refractivity contribution in [1.29, 1.82) is 0 Å². The number of hydrogen-bond acceptors (Lipinski definition) is 7. The molecule has 1 heterocycles. The number of ketones is 1. The Kier molecular flexibility index (Phi) is 8.81. The largest absolute Gasteiger partial charge is 0.480 e. The Morgan fingerprint density at radius 1 is 1.11 bits per heavy atom. The van der Waals surface area contributed by atoms with E-state index in [1.54, 1.807) is 27.8 Å². The number of aromatic nitrogens is 2. The minimum atomic E-state index is -0.851. The maximum absolute atomic E-state index is 11.8. The van der Waals surface area contributed by atoms with E-state index in [0.717, 1.165) is 29.5 Å². The Bertz CT molecular complexity index is 1230. The number of carbonyl (C=O) groups excluding carboxylic acids is 1. The highest BCUT2D eigenvalue weighted by Crippen LogP contribution is 2.28. The molecule has 202 valence electrons. The van der Waals surface area contributed by atoms with Crippen molar-refractivity contribution in [2.24, 2.45) is 16.6 Å². The lowest BCUT2D eigenvalue weighted by Gasteiger charge is -2.23. The van der Waals surface area contributed by atoms with Crippen LogP contribution in [-0.4, -0.2) is 41.0 Å². The van der Waals surface area contributed by atoms with E-state index in [4.69, 9.17) is 20.0 Å². The predicted molar refractivity (Wildman–Crippen MR) is 150 cm³/mol. The highest BCUT2D eigenvalue weighted by molar-refractivity contribution is 5.97. The van der Waals surface area contributed by atoms with Crippen LogP contribution in [0.2, 0.25) is 0 Å². The number of rotatable bonds is 12. The van der Waals surface area contributed by atoms with E-state index in [0.29, 0.717) is 42.4 Å². The molecule has 0 atom stereocenters. The van der Waals surface area contributed by atoms with Crippen molar-refractivity contribution in [1.82, 2.24) is 10.1 Å². The summed E-state index contributed by atoms with van der Waals surface area (Å²) in [5.41, 5.74) is 8.28. The summed E-state index contributed by atoms with van der Waals surface area (Å²) in [4.78, 5) is 22.8. The molecule has 0 amide bonds. The van der Waals surface area contributed by atoms with Gasteiger partial charge in [0, 0.05) is 32.1 Å². The molecule has 0 saturated heterocycles. The molecule has 2 aromatic carbocycles. The molecule has 4 rings (SSSR count). The van der Waals surface area contributed by atoms with Crippen LogP contribution in [0, 0.1) is 5.92 Å². The normalized spacial score (nSPS) is 14.6. The van der Waals surface area contributed by atoms with Gasteiger partial charge in [0.05, 0.1) is 0 Å². The van der Waals surface area contributed by atoms with Gasteiger partial charge in [-0.2, -0.15) is 4.98 Å². The Hall–Kier alpha value is -3.68. The van der Waals surface area contributed by atoms with Crippen molar-refractivity contribution < 1.29 is 14.1 Å². The van der Waals surface area contributed by atoms with Crippen molar-refractivity contribution >= 4 is 17.6 Å². The van der Waals surface area contributed by atoms with Crippen LogP contribution in [-0.2, 0) is 24.2 Å². The number of benzene rings is 2. The quantitative estimate of drug-likeness (QED) is 0.262. The summed E-state index contributed by atoms with van der Waals surface area (Å²) in [6.45, 7) is 6.45. The average molecular weight is 518 g/mol. The zero-order valence-electron chi connectivity index (χ0n) is 22.9. The van der Waals surface area contributed by atoms with Crippen LogP contribution in [0.25, 0.3) is 0 Å². The summed E-state index contributed by atoms with van der Waals surface area (Å²) in [7, 11) is 1.69. The van der Waals surface area contributed by atoms with Crippen LogP contribution < -0.4 is 15.4 Å². The second-order valence-corrected chi connectivity index (χ2v) is 10.6. The van der Waals surface area contributed by atoms with Gasteiger partial charge in [0.2, 0.25) is 5.89 Å². The average Bonchev–Trinajstić information content (AvgIpc) is 3.60. The summed E-state index contributed by atoms with van der Waals surface area (Å²) in [5.74, 6) is 3.15. The van der Waals surface area contributed by atoms with E-state index >= 15 is 0 Å². The van der Waals surface area contributed by atoms with Gasteiger partial charge in [-0.3, -0.25) is 9.79 Å². The van der Waals surface area contributed by atoms with E-state index in [1.165, 1.54) is 25.7 Å². The van der Waals surface area contributed by atoms with Crippen molar-refractivity contribution in [3.63, 3.8) is 0 Å². The first kappa shape index (κ1) is 27.4. The maximum Gasteiger partial charge on any atom is 0.266 e. The van der Waals surface area contributed by atoms with Gasteiger partial charge < -0.3 is 19.9 Å². The lowest BCUT2D eigenvalue weighted by Crippen LogP contribution is -2.36. The predicted octanol–water partition coefficient (Wildman–Crippen LogP) is 5.13. The molecule has 0 spiro atoms. The van der Waals surface area contributed by atoms with Gasteiger partial charge in [-0.1, -0.05) is 49.2 Å². The molecule has 1 saturated carbocycles. The van der Waals surface area contributed by atoms with E-state index < -0.39 is 5.60 Å². The highest BCUT2D eigenvalue weighted by Gasteiger charge is 2.25. The van der Waals surface area contributed by atoms with Gasteiger partial charge in [-0.15, -0.1) is 0 Å². The second-order valence-electron chi connectivity index (χ2n) is 10.6. The Morgan fingerprint density at radius 3 is 2.39 bits per heavy atom. The number of aliphatic imine (C=N–C) groups is 1. The third-order valence-corrected chi connectivity index (χ3v) is 7.36. The molecule has 1 aliphatic carbocycles. The molecule has 0 unspecified atom stereocenters. The van der Waals surface area contributed by atoms with Crippen molar-refractivity contribution in [2.45, 2.75) is 71.4 Å². The van der Waals surface area contributed by atoms with Crippen LogP contribution >= 0.6 is 0 Å². The third-order valence-electron chi connectivity index (χ3n) is 7.36. The number of Topliss-reactive ketones (excluding diaryl/α,β-unsaturated/α-hetero) is 1. The molecule has 8 nitrogen and oxygen atoms in total. The number of anilines is 1. The van der Waals surface area contributed by atoms with Gasteiger partial charge in [-0.25, -0.2) is 0 Å². The maximum atomic E-state index is 11.8. The van der Waals surface area contributed by atoms with Crippen LogP contribution in [0.15, 0.2) is 58.0 Å². The van der Waals surface area contributed by atoms with Crippen molar-refractivity contribution in [3.05, 3.63) is 71.1 Å². The minimum absolute atomic E-state index is 0.0117. The fraction of sp³-hybridized carbons (Fsp3) is 0.467. The molecule has 0 aliphatic heterocycles. The molecule has 8 heteroatoms. The Morgan fingerprint density at radius 2 is 1.76 bits per heavy atom. The Labute approximate surface area is 225 Å².